The van der Waals surface area contributed by atoms with Gasteiger partial charge in [0, 0.05) is 31.0 Å². The number of amides is 1. The molecule has 0 atom stereocenters. The van der Waals surface area contributed by atoms with Crippen molar-refractivity contribution in [3.63, 3.8) is 0 Å². The van der Waals surface area contributed by atoms with Crippen molar-refractivity contribution in [3.8, 4) is 17.0 Å². The van der Waals surface area contributed by atoms with E-state index in [2.05, 4.69) is 5.10 Å². The van der Waals surface area contributed by atoms with E-state index < -0.39 is 0 Å². The zero-order valence-corrected chi connectivity index (χ0v) is 14.3. The van der Waals surface area contributed by atoms with E-state index in [0.29, 0.717) is 6.54 Å². The minimum atomic E-state index is 0.0391. The molecule has 1 amide bonds. The van der Waals surface area contributed by atoms with Crippen LogP contribution in [0, 0.1) is 0 Å². The van der Waals surface area contributed by atoms with Gasteiger partial charge in [-0.15, -0.1) is 0 Å². The summed E-state index contributed by atoms with van der Waals surface area (Å²) in [5, 5.41) is 4.20. The summed E-state index contributed by atoms with van der Waals surface area (Å²) in [6.07, 6.45) is 2.60. The van der Waals surface area contributed by atoms with Crippen LogP contribution in [0.1, 0.15) is 15.9 Å². The summed E-state index contributed by atoms with van der Waals surface area (Å²) in [7, 11) is 3.56. The van der Waals surface area contributed by atoms with Crippen LogP contribution in [-0.2, 0) is 13.5 Å². The highest BCUT2D eigenvalue weighted by Crippen LogP contribution is 2.29. The highest BCUT2D eigenvalue weighted by molar-refractivity contribution is 6.08. The van der Waals surface area contributed by atoms with Crippen LogP contribution in [0.3, 0.4) is 0 Å². The van der Waals surface area contributed by atoms with Gasteiger partial charge in [-0.25, -0.2) is 0 Å². The lowest BCUT2D eigenvalue weighted by molar-refractivity contribution is 0.0980. The van der Waals surface area contributed by atoms with Crippen LogP contribution in [0.5, 0.6) is 5.75 Å². The Labute approximate surface area is 146 Å². The second kappa shape index (κ2) is 6.09. The van der Waals surface area contributed by atoms with E-state index >= 15 is 0 Å². The van der Waals surface area contributed by atoms with Crippen molar-refractivity contribution in [2.45, 2.75) is 6.42 Å². The lowest BCUT2D eigenvalue weighted by atomic mass is 9.98. The average molecular weight is 333 g/mol. The molecule has 2 aromatic carbocycles. The largest absolute Gasteiger partial charge is 0.497 e. The number of hydrogen-bond acceptors (Lipinski definition) is 3. The lowest BCUT2D eigenvalue weighted by Gasteiger charge is -2.29. The predicted molar refractivity (Wildman–Crippen MR) is 97.0 cm³/mol. The van der Waals surface area contributed by atoms with Crippen LogP contribution in [0.25, 0.3) is 11.3 Å². The van der Waals surface area contributed by atoms with E-state index in [1.54, 1.807) is 13.3 Å². The van der Waals surface area contributed by atoms with E-state index in [-0.39, 0.29) is 5.91 Å². The monoisotopic (exact) mass is 333 g/mol. The molecule has 0 aliphatic carbocycles. The number of benzene rings is 2. The zero-order chi connectivity index (χ0) is 17.4. The maximum Gasteiger partial charge on any atom is 0.258 e. The molecular weight excluding hydrogens is 314 g/mol. The molecule has 0 bridgehead atoms. The summed E-state index contributed by atoms with van der Waals surface area (Å²) in [6.45, 7) is 0.671. The van der Waals surface area contributed by atoms with Crippen LogP contribution in [0.2, 0.25) is 0 Å². The number of rotatable bonds is 3. The SMILES string of the molecule is COc1ccc2c(c1)CCN(c1ccc(-c3ccnn3C)cc1)C2=O. The number of aryl methyl sites for hydroxylation is 1. The Morgan fingerprint density at radius 1 is 1.08 bits per heavy atom. The number of aromatic nitrogens is 2. The number of ether oxygens (including phenoxy) is 1. The highest BCUT2D eigenvalue weighted by atomic mass is 16.5. The van der Waals surface area contributed by atoms with Crippen LogP contribution in [-0.4, -0.2) is 29.3 Å². The molecular formula is C20H19N3O2. The van der Waals surface area contributed by atoms with E-state index in [1.165, 1.54) is 0 Å². The summed E-state index contributed by atoms with van der Waals surface area (Å²) in [5.74, 6) is 0.831. The Morgan fingerprint density at radius 3 is 2.56 bits per heavy atom. The van der Waals surface area contributed by atoms with Gasteiger partial charge in [0.15, 0.2) is 0 Å². The van der Waals surface area contributed by atoms with Crippen molar-refractivity contribution >= 4 is 11.6 Å². The first-order chi connectivity index (χ1) is 12.2. The number of methoxy groups -OCH3 is 1. The fourth-order valence-corrected chi connectivity index (χ4v) is 3.31. The molecule has 3 aromatic rings. The fourth-order valence-electron chi connectivity index (χ4n) is 3.31. The normalized spacial score (nSPS) is 13.7. The quantitative estimate of drug-likeness (QED) is 0.739. The summed E-state index contributed by atoms with van der Waals surface area (Å²) in [6, 6.07) is 15.7. The highest BCUT2D eigenvalue weighted by Gasteiger charge is 2.25. The Hall–Kier alpha value is -3.08. The molecule has 126 valence electrons. The Balaban J connectivity index is 1.62. The smallest absolute Gasteiger partial charge is 0.258 e. The van der Waals surface area contributed by atoms with Crippen molar-refractivity contribution in [2.24, 2.45) is 7.05 Å². The Morgan fingerprint density at radius 2 is 1.88 bits per heavy atom. The predicted octanol–water partition coefficient (Wildman–Crippen LogP) is 3.30. The number of fused-ring (bicyclic) bond motifs is 1. The Bertz CT molecular complexity index is 928. The summed E-state index contributed by atoms with van der Waals surface area (Å²) in [5.41, 5.74) is 4.85. The molecule has 4 rings (SSSR count). The lowest BCUT2D eigenvalue weighted by Crippen LogP contribution is -2.37. The molecule has 0 N–H and O–H groups in total. The third-order valence-electron chi connectivity index (χ3n) is 4.69. The molecule has 5 nitrogen and oxygen atoms in total. The molecule has 2 heterocycles. The second-order valence-corrected chi connectivity index (χ2v) is 6.12. The van der Waals surface area contributed by atoms with Crippen LogP contribution in [0.15, 0.2) is 54.7 Å². The molecule has 1 aromatic heterocycles. The van der Waals surface area contributed by atoms with Gasteiger partial charge in [-0.05, 0) is 53.9 Å². The molecule has 0 saturated carbocycles. The number of anilines is 1. The standard InChI is InChI=1S/C20H19N3O2/c1-22-19(9-11-21-22)14-3-5-16(6-4-14)23-12-10-15-13-17(25-2)7-8-18(15)20(23)24/h3-9,11,13H,10,12H2,1-2H3. The van der Waals surface area contributed by atoms with Gasteiger partial charge in [-0.2, -0.15) is 5.10 Å². The molecule has 0 radical (unpaired) electrons. The first-order valence-corrected chi connectivity index (χ1v) is 8.24. The molecule has 5 heteroatoms. The van der Waals surface area contributed by atoms with Crippen LogP contribution < -0.4 is 9.64 Å². The van der Waals surface area contributed by atoms with Gasteiger partial charge in [0.1, 0.15) is 5.75 Å². The summed E-state index contributed by atoms with van der Waals surface area (Å²) in [4.78, 5) is 14.7. The van der Waals surface area contributed by atoms with Crippen molar-refractivity contribution in [2.75, 3.05) is 18.6 Å². The Kier molecular flexibility index (Phi) is 3.76. The minimum Gasteiger partial charge on any atom is -0.497 e. The summed E-state index contributed by atoms with van der Waals surface area (Å²) < 4.78 is 7.09. The number of nitrogens with zero attached hydrogens (tertiary/aromatic N) is 3. The molecule has 0 unspecified atom stereocenters. The maximum atomic E-state index is 12.9. The van der Waals surface area contributed by atoms with Gasteiger partial charge in [0.2, 0.25) is 0 Å². The van der Waals surface area contributed by atoms with E-state index in [9.17, 15) is 4.79 Å². The molecule has 0 saturated heterocycles. The molecule has 1 aliphatic rings. The van der Waals surface area contributed by atoms with Crippen molar-refractivity contribution < 1.29 is 9.53 Å². The van der Waals surface area contributed by atoms with Crippen molar-refractivity contribution in [1.29, 1.82) is 0 Å². The van der Waals surface area contributed by atoms with Gasteiger partial charge in [0.05, 0.1) is 12.8 Å². The van der Waals surface area contributed by atoms with Gasteiger partial charge in [0.25, 0.3) is 5.91 Å². The molecule has 0 fully saturated rings. The van der Waals surface area contributed by atoms with E-state index in [1.807, 2.05) is 65.2 Å². The molecule has 25 heavy (non-hydrogen) atoms. The zero-order valence-electron chi connectivity index (χ0n) is 14.3. The molecule has 0 spiro atoms. The van der Waals surface area contributed by atoms with Gasteiger partial charge in [-0.3, -0.25) is 9.48 Å². The van der Waals surface area contributed by atoms with Gasteiger partial charge in [-0.1, -0.05) is 12.1 Å². The topological polar surface area (TPSA) is 47.4 Å². The minimum absolute atomic E-state index is 0.0391. The number of carbonyl (C=O) groups excluding carboxylic acids is 1. The van der Waals surface area contributed by atoms with Gasteiger partial charge < -0.3 is 9.64 Å². The van der Waals surface area contributed by atoms with Crippen LogP contribution in [0.4, 0.5) is 5.69 Å². The van der Waals surface area contributed by atoms with E-state index in [0.717, 1.165) is 40.2 Å². The average Bonchev–Trinajstić information content (AvgIpc) is 3.08. The van der Waals surface area contributed by atoms with Crippen molar-refractivity contribution in [3.05, 3.63) is 65.9 Å². The fraction of sp³-hybridized carbons (Fsp3) is 0.200. The second-order valence-electron chi connectivity index (χ2n) is 6.12. The van der Waals surface area contributed by atoms with E-state index in [4.69, 9.17) is 4.74 Å². The first kappa shape index (κ1) is 15.4. The summed E-state index contributed by atoms with van der Waals surface area (Å²) >= 11 is 0. The third kappa shape index (κ3) is 2.67. The number of carbonyl (C=O) groups is 1. The van der Waals surface area contributed by atoms with Gasteiger partial charge >= 0.3 is 0 Å². The first-order valence-electron chi connectivity index (χ1n) is 8.24. The van der Waals surface area contributed by atoms with Crippen molar-refractivity contribution in [1.82, 2.24) is 9.78 Å². The molecule has 1 aliphatic heterocycles. The maximum absolute atomic E-state index is 12.9. The number of hydrogen-bond donors (Lipinski definition) is 0. The van der Waals surface area contributed by atoms with Crippen LogP contribution >= 0.6 is 0 Å². The third-order valence-corrected chi connectivity index (χ3v) is 4.69.